The first kappa shape index (κ1) is 12.1. The highest BCUT2D eigenvalue weighted by molar-refractivity contribution is 5.78. The van der Waals surface area contributed by atoms with Crippen LogP contribution in [-0.4, -0.2) is 13.1 Å². The van der Waals surface area contributed by atoms with Crippen LogP contribution in [0.2, 0.25) is 0 Å². The van der Waals surface area contributed by atoms with Gasteiger partial charge in [-0.3, -0.25) is 4.79 Å². The zero-order chi connectivity index (χ0) is 12.3. The van der Waals surface area contributed by atoms with E-state index in [9.17, 15) is 9.18 Å². The minimum Gasteiger partial charge on any atom is -0.469 e. The Morgan fingerprint density at radius 3 is 2.71 bits per heavy atom. The van der Waals surface area contributed by atoms with Crippen molar-refractivity contribution in [2.45, 2.75) is 31.6 Å². The topological polar surface area (TPSA) is 26.3 Å². The number of benzene rings is 1. The molecule has 1 unspecified atom stereocenters. The monoisotopic (exact) mass is 236 g/mol. The molecule has 17 heavy (non-hydrogen) atoms. The Morgan fingerprint density at radius 2 is 2.12 bits per heavy atom. The van der Waals surface area contributed by atoms with Gasteiger partial charge in [0.25, 0.3) is 0 Å². The average molecular weight is 236 g/mol. The highest BCUT2D eigenvalue weighted by Gasteiger charge is 2.32. The second-order valence-electron chi connectivity index (χ2n) is 4.60. The molecule has 1 atom stereocenters. The SMILES string of the molecule is COC(=O)C(c1cccc(F)c1)C1CCCC1. The molecule has 92 valence electrons. The maximum absolute atomic E-state index is 13.2. The van der Waals surface area contributed by atoms with Crippen molar-refractivity contribution in [2.75, 3.05) is 7.11 Å². The summed E-state index contributed by atoms with van der Waals surface area (Å²) >= 11 is 0. The molecule has 1 aliphatic rings. The van der Waals surface area contributed by atoms with Crippen molar-refractivity contribution in [1.29, 1.82) is 0 Å². The third kappa shape index (κ3) is 2.65. The van der Waals surface area contributed by atoms with Crippen LogP contribution in [0.25, 0.3) is 0 Å². The summed E-state index contributed by atoms with van der Waals surface area (Å²) in [5.41, 5.74) is 0.740. The van der Waals surface area contributed by atoms with Gasteiger partial charge in [-0.1, -0.05) is 25.0 Å². The third-order valence-electron chi connectivity index (χ3n) is 3.53. The Kier molecular flexibility index (Phi) is 3.77. The lowest BCUT2D eigenvalue weighted by Crippen LogP contribution is -2.21. The summed E-state index contributed by atoms with van der Waals surface area (Å²) < 4.78 is 18.1. The number of carbonyl (C=O) groups excluding carboxylic acids is 1. The van der Waals surface area contributed by atoms with Crippen molar-refractivity contribution in [3.8, 4) is 0 Å². The predicted molar refractivity (Wildman–Crippen MR) is 63.1 cm³/mol. The van der Waals surface area contributed by atoms with E-state index in [1.165, 1.54) is 19.2 Å². The van der Waals surface area contributed by atoms with E-state index in [4.69, 9.17) is 4.74 Å². The summed E-state index contributed by atoms with van der Waals surface area (Å²) in [6.45, 7) is 0. The van der Waals surface area contributed by atoms with E-state index < -0.39 is 0 Å². The van der Waals surface area contributed by atoms with Gasteiger partial charge in [0.1, 0.15) is 5.82 Å². The summed E-state index contributed by atoms with van der Waals surface area (Å²) in [4.78, 5) is 11.9. The number of ether oxygens (including phenoxy) is 1. The zero-order valence-electron chi connectivity index (χ0n) is 9.99. The first-order chi connectivity index (χ1) is 8.22. The Balaban J connectivity index is 2.29. The van der Waals surface area contributed by atoms with Gasteiger partial charge in [0.15, 0.2) is 0 Å². The van der Waals surface area contributed by atoms with E-state index in [0.29, 0.717) is 5.92 Å². The van der Waals surface area contributed by atoms with Crippen LogP contribution in [0, 0.1) is 11.7 Å². The van der Waals surface area contributed by atoms with Crippen LogP contribution in [0.15, 0.2) is 24.3 Å². The van der Waals surface area contributed by atoms with Crippen molar-refractivity contribution < 1.29 is 13.9 Å². The fourth-order valence-electron chi connectivity index (χ4n) is 2.72. The van der Waals surface area contributed by atoms with Gasteiger partial charge in [0, 0.05) is 0 Å². The maximum atomic E-state index is 13.2. The normalized spacial score (nSPS) is 18.0. The van der Waals surface area contributed by atoms with Crippen LogP contribution in [0.5, 0.6) is 0 Å². The Hall–Kier alpha value is -1.38. The molecule has 1 aromatic rings. The maximum Gasteiger partial charge on any atom is 0.313 e. The van der Waals surface area contributed by atoms with Crippen LogP contribution in [0.4, 0.5) is 4.39 Å². The summed E-state index contributed by atoms with van der Waals surface area (Å²) in [6.07, 6.45) is 4.34. The molecule has 0 radical (unpaired) electrons. The number of methoxy groups -OCH3 is 1. The molecule has 1 aliphatic carbocycles. The van der Waals surface area contributed by atoms with Gasteiger partial charge < -0.3 is 4.74 Å². The van der Waals surface area contributed by atoms with E-state index in [-0.39, 0.29) is 17.7 Å². The Labute approximate surface area is 101 Å². The second kappa shape index (κ2) is 5.30. The van der Waals surface area contributed by atoms with Gasteiger partial charge in [0.05, 0.1) is 13.0 Å². The van der Waals surface area contributed by atoms with Crippen LogP contribution >= 0.6 is 0 Å². The van der Waals surface area contributed by atoms with Crippen molar-refractivity contribution in [1.82, 2.24) is 0 Å². The van der Waals surface area contributed by atoms with Crippen molar-refractivity contribution in [3.05, 3.63) is 35.6 Å². The first-order valence-corrected chi connectivity index (χ1v) is 6.05. The Morgan fingerprint density at radius 1 is 1.41 bits per heavy atom. The molecule has 1 saturated carbocycles. The quantitative estimate of drug-likeness (QED) is 0.753. The van der Waals surface area contributed by atoms with Crippen molar-refractivity contribution in [2.24, 2.45) is 5.92 Å². The third-order valence-corrected chi connectivity index (χ3v) is 3.53. The number of rotatable bonds is 3. The molecule has 3 heteroatoms. The van der Waals surface area contributed by atoms with E-state index >= 15 is 0 Å². The summed E-state index contributed by atoms with van der Waals surface area (Å²) in [7, 11) is 1.39. The molecule has 2 rings (SSSR count). The lowest BCUT2D eigenvalue weighted by Gasteiger charge is -2.21. The highest BCUT2D eigenvalue weighted by atomic mass is 19.1. The number of hydrogen-bond acceptors (Lipinski definition) is 2. The molecular formula is C14H17FO2. The predicted octanol–water partition coefficient (Wildman–Crippen LogP) is 3.27. The highest BCUT2D eigenvalue weighted by Crippen LogP contribution is 2.38. The minimum absolute atomic E-state index is 0.248. The van der Waals surface area contributed by atoms with Crippen LogP contribution < -0.4 is 0 Å². The number of esters is 1. The smallest absolute Gasteiger partial charge is 0.313 e. The standard InChI is InChI=1S/C14H17FO2/c1-17-14(16)13(10-5-2-3-6-10)11-7-4-8-12(15)9-11/h4,7-10,13H,2-3,5-6H2,1H3. The largest absolute Gasteiger partial charge is 0.469 e. The molecule has 0 N–H and O–H groups in total. The number of halogens is 1. The molecule has 0 aliphatic heterocycles. The molecular weight excluding hydrogens is 219 g/mol. The van der Waals surface area contributed by atoms with E-state index in [1.54, 1.807) is 6.07 Å². The molecule has 2 nitrogen and oxygen atoms in total. The minimum atomic E-state index is -0.307. The molecule has 0 aromatic heterocycles. The van der Waals surface area contributed by atoms with Crippen LogP contribution in [0.3, 0.4) is 0 Å². The van der Waals surface area contributed by atoms with E-state index in [1.807, 2.05) is 6.07 Å². The molecule has 0 saturated heterocycles. The number of carbonyl (C=O) groups is 1. The zero-order valence-corrected chi connectivity index (χ0v) is 9.99. The summed E-state index contributed by atoms with van der Waals surface area (Å²) in [5.74, 6) is -0.556. The lowest BCUT2D eigenvalue weighted by atomic mass is 9.85. The second-order valence-corrected chi connectivity index (χ2v) is 4.60. The van der Waals surface area contributed by atoms with Crippen LogP contribution in [0.1, 0.15) is 37.2 Å². The van der Waals surface area contributed by atoms with Gasteiger partial charge in [-0.25, -0.2) is 4.39 Å². The molecule has 0 spiro atoms. The van der Waals surface area contributed by atoms with E-state index in [2.05, 4.69) is 0 Å². The van der Waals surface area contributed by atoms with Gasteiger partial charge in [0.2, 0.25) is 0 Å². The molecule has 1 aromatic carbocycles. The van der Waals surface area contributed by atoms with Crippen LogP contribution in [-0.2, 0) is 9.53 Å². The fraction of sp³-hybridized carbons (Fsp3) is 0.500. The first-order valence-electron chi connectivity index (χ1n) is 6.05. The molecule has 0 heterocycles. The summed E-state index contributed by atoms with van der Waals surface area (Å²) in [6, 6.07) is 6.30. The lowest BCUT2D eigenvalue weighted by molar-refractivity contribution is -0.143. The fourth-order valence-corrected chi connectivity index (χ4v) is 2.72. The van der Waals surface area contributed by atoms with Gasteiger partial charge in [-0.05, 0) is 36.5 Å². The molecule has 0 bridgehead atoms. The average Bonchev–Trinajstić information content (AvgIpc) is 2.83. The van der Waals surface area contributed by atoms with E-state index in [0.717, 1.165) is 31.2 Å². The number of hydrogen-bond donors (Lipinski definition) is 0. The molecule has 0 amide bonds. The molecule has 1 fully saturated rings. The van der Waals surface area contributed by atoms with Crippen molar-refractivity contribution in [3.63, 3.8) is 0 Å². The van der Waals surface area contributed by atoms with Gasteiger partial charge in [-0.15, -0.1) is 0 Å². The van der Waals surface area contributed by atoms with Gasteiger partial charge >= 0.3 is 5.97 Å². The van der Waals surface area contributed by atoms with Crippen molar-refractivity contribution >= 4 is 5.97 Å². The summed E-state index contributed by atoms with van der Waals surface area (Å²) in [5, 5.41) is 0. The Bertz CT molecular complexity index is 397. The van der Waals surface area contributed by atoms with Gasteiger partial charge in [-0.2, -0.15) is 0 Å².